The molecule has 1 amide bonds. The Morgan fingerprint density at radius 3 is 2.78 bits per heavy atom. The van der Waals surface area contributed by atoms with Gasteiger partial charge in [-0.1, -0.05) is 36.8 Å². The van der Waals surface area contributed by atoms with Crippen molar-refractivity contribution in [2.45, 2.75) is 26.2 Å². The quantitative estimate of drug-likeness (QED) is 0.820. The maximum Gasteiger partial charge on any atom is 0.223 e. The summed E-state index contributed by atoms with van der Waals surface area (Å²) in [5.74, 6) is 0.521. The zero-order chi connectivity index (χ0) is 13.0. The number of amides is 1. The molecule has 1 saturated heterocycles. The van der Waals surface area contributed by atoms with Gasteiger partial charge in [0.15, 0.2) is 0 Å². The molecule has 3 nitrogen and oxygen atoms in total. The molecule has 0 bridgehead atoms. The summed E-state index contributed by atoms with van der Waals surface area (Å²) < 4.78 is 5.26. The first kappa shape index (κ1) is 13.1. The molecule has 0 aliphatic carbocycles. The van der Waals surface area contributed by atoms with Crippen molar-refractivity contribution in [3.63, 3.8) is 0 Å². The van der Waals surface area contributed by atoms with Gasteiger partial charge in [0.25, 0.3) is 0 Å². The van der Waals surface area contributed by atoms with Gasteiger partial charge in [-0.25, -0.2) is 0 Å². The van der Waals surface area contributed by atoms with Gasteiger partial charge in [0.2, 0.25) is 5.91 Å². The molecule has 0 saturated carbocycles. The lowest BCUT2D eigenvalue weighted by molar-refractivity contribution is -0.135. The SMILES string of the molecule is Cc1cccc([C@H](C)CC(=O)N2CCOCC2)c1. The third kappa shape index (κ3) is 3.33. The van der Waals surface area contributed by atoms with Crippen LogP contribution < -0.4 is 0 Å². The fraction of sp³-hybridized carbons (Fsp3) is 0.533. The van der Waals surface area contributed by atoms with E-state index >= 15 is 0 Å². The Hall–Kier alpha value is -1.35. The number of morpholine rings is 1. The van der Waals surface area contributed by atoms with Gasteiger partial charge in [0.05, 0.1) is 13.2 Å². The largest absolute Gasteiger partial charge is 0.378 e. The minimum Gasteiger partial charge on any atom is -0.378 e. The molecule has 0 aromatic heterocycles. The number of carbonyl (C=O) groups excluding carboxylic acids is 1. The topological polar surface area (TPSA) is 29.5 Å². The Morgan fingerprint density at radius 1 is 1.39 bits per heavy atom. The molecule has 98 valence electrons. The first-order valence-corrected chi connectivity index (χ1v) is 6.59. The van der Waals surface area contributed by atoms with Crippen LogP contribution in [0, 0.1) is 6.92 Å². The highest BCUT2D eigenvalue weighted by molar-refractivity contribution is 5.77. The molecule has 1 atom stereocenters. The maximum absolute atomic E-state index is 12.1. The Labute approximate surface area is 109 Å². The van der Waals surface area contributed by atoms with Crippen molar-refractivity contribution in [1.29, 1.82) is 0 Å². The zero-order valence-electron chi connectivity index (χ0n) is 11.2. The fourth-order valence-corrected chi connectivity index (χ4v) is 2.30. The average molecular weight is 247 g/mol. The van der Waals surface area contributed by atoms with E-state index in [2.05, 4.69) is 38.1 Å². The average Bonchev–Trinajstić information content (AvgIpc) is 2.39. The number of hydrogen-bond acceptors (Lipinski definition) is 2. The summed E-state index contributed by atoms with van der Waals surface area (Å²) in [6, 6.07) is 8.40. The Balaban J connectivity index is 1.94. The molecule has 0 radical (unpaired) electrons. The monoisotopic (exact) mass is 247 g/mol. The van der Waals surface area contributed by atoms with Crippen molar-refractivity contribution < 1.29 is 9.53 Å². The Bertz CT molecular complexity index is 411. The third-order valence-corrected chi connectivity index (χ3v) is 3.46. The van der Waals surface area contributed by atoms with Crippen molar-refractivity contribution in [3.05, 3.63) is 35.4 Å². The number of carbonyl (C=O) groups is 1. The summed E-state index contributed by atoms with van der Waals surface area (Å²) in [6.07, 6.45) is 0.587. The third-order valence-electron chi connectivity index (χ3n) is 3.46. The van der Waals surface area contributed by atoms with Gasteiger partial charge in [0, 0.05) is 19.5 Å². The smallest absolute Gasteiger partial charge is 0.223 e. The molecule has 1 aliphatic rings. The predicted octanol–water partition coefficient (Wildman–Crippen LogP) is 2.35. The summed E-state index contributed by atoms with van der Waals surface area (Å²) in [5.41, 5.74) is 2.50. The van der Waals surface area contributed by atoms with Crippen LogP contribution in [0.15, 0.2) is 24.3 Å². The molecular weight excluding hydrogens is 226 g/mol. The Kier molecular flexibility index (Phi) is 4.37. The number of rotatable bonds is 3. The standard InChI is InChI=1S/C15H21NO2/c1-12-4-3-5-14(10-12)13(2)11-15(17)16-6-8-18-9-7-16/h3-5,10,13H,6-9,11H2,1-2H3/t13-/m1/s1. The van der Waals surface area contributed by atoms with Gasteiger partial charge in [-0.2, -0.15) is 0 Å². The summed E-state index contributed by atoms with van der Waals surface area (Å²) in [6.45, 7) is 7.01. The summed E-state index contributed by atoms with van der Waals surface area (Å²) in [5, 5.41) is 0. The van der Waals surface area contributed by atoms with Crippen LogP contribution in [0.25, 0.3) is 0 Å². The van der Waals surface area contributed by atoms with Gasteiger partial charge in [-0.05, 0) is 18.4 Å². The molecule has 1 heterocycles. The van der Waals surface area contributed by atoms with Crippen LogP contribution in [0.3, 0.4) is 0 Å². The first-order valence-electron chi connectivity index (χ1n) is 6.59. The second-order valence-corrected chi connectivity index (χ2v) is 5.01. The lowest BCUT2D eigenvalue weighted by Gasteiger charge is -2.28. The number of ether oxygens (including phenoxy) is 1. The van der Waals surface area contributed by atoms with E-state index in [9.17, 15) is 4.79 Å². The fourth-order valence-electron chi connectivity index (χ4n) is 2.30. The van der Waals surface area contributed by atoms with Crippen LogP contribution >= 0.6 is 0 Å². The second-order valence-electron chi connectivity index (χ2n) is 5.01. The van der Waals surface area contributed by atoms with Gasteiger partial charge < -0.3 is 9.64 Å². The minimum atomic E-state index is 0.243. The van der Waals surface area contributed by atoms with Crippen molar-refractivity contribution in [2.24, 2.45) is 0 Å². The molecule has 3 heteroatoms. The highest BCUT2D eigenvalue weighted by atomic mass is 16.5. The molecule has 0 unspecified atom stereocenters. The van der Waals surface area contributed by atoms with E-state index in [1.165, 1.54) is 11.1 Å². The molecular formula is C15H21NO2. The normalized spacial score (nSPS) is 17.6. The van der Waals surface area contributed by atoms with E-state index in [4.69, 9.17) is 4.74 Å². The van der Waals surface area contributed by atoms with Gasteiger partial charge in [-0.3, -0.25) is 4.79 Å². The molecule has 2 rings (SSSR count). The van der Waals surface area contributed by atoms with Crippen LogP contribution in [-0.2, 0) is 9.53 Å². The molecule has 0 spiro atoms. The molecule has 0 N–H and O–H groups in total. The predicted molar refractivity (Wildman–Crippen MR) is 71.6 cm³/mol. The van der Waals surface area contributed by atoms with Crippen LogP contribution in [0.5, 0.6) is 0 Å². The highest BCUT2D eigenvalue weighted by Crippen LogP contribution is 2.21. The lowest BCUT2D eigenvalue weighted by atomic mass is 9.96. The number of hydrogen-bond donors (Lipinski definition) is 0. The van der Waals surface area contributed by atoms with E-state index in [-0.39, 0.29) is 11.8 Å². The molecule has 1 aliphatic heterocycles. The van der Waals surface area contributed by atoms with Crippen LogP contribution in [0.4, 0.5) is 0 Å². The van der Waals surface area contributed by atoms with E-state index in [1.54, 1.807) is 0 Å². The van der Waals surface area contributed by atoms with Crippen molar-refractivity contribution >= 4 is 5.91 Å². The Morgan fingerprint density at radius 2 is 2.11 bits per heavy atom. The molecule has 1 fully saturated rings. The van der Waals surface area contributed by atoms with Crippen LogP contribution in [0.1, 0.15) is 30.4 Å². The first-order chi connectivity index (χ1) is 8.66. The van der Waals surface area contributed by atoms with E-state index in [1.807, 2.05) is 4.90 Å². The highest BCUT2D eigenvalue weighted by Gasteiger charge is 2.19. The van der Waals surface area contributed by atoms with Crippen LogP contribution in [0.2, 0.25) is 0 Å². The van der Waals surface area contributed by atoms with E-state index in [0.717, 1.165) is 13.1 Å². The lowest BCUT2D eigenvalue weighted by Crippen LogP contribution is -2.41. The van der Waals surface area contributed by atoms with Crippen molar-refractivity contribution in [1.82, 2.24) is 4.90 Å². The minimum absolute atomic E-state index is 0.243. The molecule has 18 heavy (non-hydrogen) atoms. The number of aryl methyl sites for hydroxylation is 1. The van der Waals surface area contributed by atoms with Crippen LogP contribution in [-0.4, -0.2) is 37.1 Å². The molecule has 1 aromatic carbocycles. The summed E-state index contributed by atoms with van der Waals surface area (Å²) in [7, 11) is 0. The van der Waals surface area contributed by atoms with Gasteiger partial charge in [0.1, 0.15) is 0 Å². The molecule has 1 aromatic rings. The number of benzene rings is 1. The van der Waals surface area contributed by atoms with Crippen molar-refractivity contribution in [3.8, 4) is 0 Å². The summed E-state index contributed by atoms with van der Waals surface area (Å²) >= 11 is 0. The second kappa shape index (κ2) is 6.01. The number of nitrogens with zero attached hydrogens (tertiary/aromatic N) is 1. The summed E-state index contributed by atoms with van der Waals surface area (Å²) in [4.78, 5) is 14.0. The van der Waals surface area contributed by atoms with Gasteiger partial charge in [-0.15, -0.1) is 0 Å². The van der Waals surface area contributed by atoms with Gasteiger partial charge >= 0.3 is 0 Å². The van der Waals surface area contributed by atoms with Crippen molar-refractivity contribution in [2.75, 3.05) is 26.3 Å². The zero-order valence-corrected chi connectivity index (χ0v) is 11.2. The maximum atomic E-state index is 12.1. The van der Waals surface area contributed by atoms with E-state index < -0.39 is 0 Å². The van der Waals surface area contributed by atoms with E-state index in [0.29, 0.717) is 19.6 Å².